The summed E-state index contributed by atoms with van der Waals surface area (Å²) < 4.78 is 13.6. The molecule has 98 valence electrons. The van der Waals surface area contributed by atoms with Crippen LogP contribution in [0.2, 0.25) is 0 Å². The third-order valence-electron chi connectivity index (χ3n) is 3.48. The number of halogens is 1. The maximum Gasteiger partial charge on any atom is 0.238 e. The average Bonchev–Trinajstić information content (AvgIpc) is 2.73. The van der Waals surface area contributed by atoms with E-state index in [-0.39, 0.29) is 23.8 Å². The van der Waals surface area contributed by atoms with Crippen molar-refractivity contribution in [1.82, 2.24) is 10.2 Å². The summed E-state index contributed by atoms with van der Waals surface area (Å²) >= 11 is 0. The normalized spacial score (nSPS) is 19.4. The number of likely N-dealkylation sites (N-methyl/N-ethyl adjacent to an activating group) is 1. The van der Waals surface area contributed by atoms with Crippen LogP contribution in [0.1, 0.15) is 30.5 Å². The van der Waals surface area contributed by atoms with Crippen molar-refractivity contribution < 1.29 is 9.18 Å². The van der Waals surface area contributed by atoms with Crippen LogP contribution in [0.3, 0.4) is 0 Å². The van der Waals surface area contributed by atoms with Gasteiger partial charge in [-0.15, -0.1) is 0 Å². The summed E-state index contributed by atoms with van der Waals surface area (Å²) in [5, 5.41) is 3.29. The lowest BCUT2D eigenvalue weighted by Crippen LogP contribution is -2.42. The fraction of sp³-hybridized carbons (Fsp3) is 0.500. The molecule has 0 aliphatic heterocycles. The van der Waals surface area contributed by atoms with Gasteiger partial charge in [0.2, 0.25) is 5.91 Å². The Labute approximate surface area is 107 Å². The van der Waals surface area contributed by atoms with E-state index >= 15 is 0 Å². The number of amides is 1. The molecular weight excluding hydrogens is 231 g/mol. The van der Waals surface area contributed by atoms with E-state index < -0.39 is 0 Å². The van der Waals surface area contributed by atoms with Crippen molar-refractivity contribution >= 4 is 5.91 Å². The third kappa shape index (κ3) is 2.38. The van der Waals surface area contributed by atoms with Gasteiger partial charge < -0.3 is 4.90 Å². The van der Waals surface area contributed by atoms with Gasteiger partial charge in [-0.25, -0.2) is 4.39 Å². The Balaban J connectivity index is 2.11. The molecule has 18 heavy (non-hydrogen) atoms. The fourth-order valence-electron chi connectivity index (χ4n) is 2.54. The number of rotatable bonds is 3. The minimum absolute atomic E-state index is 0.0415. The lowest BCUT2D eigenvalue weighted by Gasteiger charge is -2.22. The van der Waals surface area contributed by atoms with Crippen molar-refractivity contribution in [3.63, 3.8) is 0 Å². The van der Waals surface area contributed by atoms with Crippen LogP contribution in [0, 0.1) is 5.82 Å². The van der Waals surface area contributed by atoms with E-state index in [1.165, 1.54) is 6.07 Å². The second kappa shape index (κ2) is 5.06. The molecule has 0 spiro atoms. The average molecular weight is 250 g/mol. The Kier molecular flexibility index (Phi) is 3.66. The van der Waals surface area contributed by atoms with Crippen molar-refractivity contribution in [3.8, 4) is 0 Å². The first kappa shape index (κ1) is 13.0. The summed E-state index contributed by atoms with van der Waals surface area (Å²) in [7, 11) is 3.48. The van der Waals surface area contributed by atoms with Gasteiger partial charge in [0.15, 0.2) is 0 Å². The molecule has 4 heteroatoms. The summed E-state index contributed by atoms with van der Waals surface area (Å²) in [5.41, 5.74) is 1.79. The number of carbonyl (C=O) groups is 1. The van der Waals surface area contributed by atoms with Crippen LogP contribution in [0.4, 0.5) is 4.39 Å². The van der Waals surface area contributed by atoms with Crippen LogP contribution >= 0.6 is 0 Å². The first-order chi connectivity index (χ1) is 8.50. The predicted molar refractivity (Wildman–Crippen MR) is 68.8 cm³/mol. The number of nitrogens with one attached hydrogen (secondary N) is 1. The van der Waals surface area contributed by atoms with E-state index in [0.717, 1.165) is 24.0 Å². The highest BCUT2D eigenvalue weighted by molar-refractivity contribution is 5.81. The Morgan fingerprint density at radius 1 is 1.50 bits per heavy atom. The fourth-order valence-corrected chi connectivity index (χ4v) is 2.54. The quantitative estimate of drug-likeness (QED) is 0.888. The first-order valence-corrected chi connectivity index (χ1v) is 6.25. The van der Waals surface area contributed by atoms with E-state index in [4.69, 9.17) is 0 Å². The molecule has 1 N–H and O–H groups in total. The summed E-state index contributed by atoms with van der Waals surface area (Å²) in [6, 6.07) is 4.99. The molecule has 1 amide bonds. The molecule has 1 aromatic carbocycles. The van der Waals surface area contributed by atoms with Crippen LogP contribution < -0.4 is 5.32 Å². The number of fused-ring (bicyclic) bond motifs is 1. The molecule has 1 aliphatic carbocycles. The minimum atomic E-state index is -0.251. The van der Waals surface area contributed by atoms with Crippen LogP contribution in [-0.2, 0) is 11.2 Å². The topological polar surface area (TPSA) is 32.3 Å². The maximum atomic E-state index is 13.6. The van der Waals surface area contributed by atoms with Gasteiger partial charge in [0, 0.05) is 20.1 Å². The molecule has 3 nitrogen and oxygen atoms in total. The molecular formula is C14H19FN2O. The summed E-state index contributed by atoms with van der Waals surface area (Å²) in [4.78, 5) is 13.4. The Morgan fingerprint density at radius 2 is 2.22 bits per heavy atom. The molecule has 0 fully saturated rings. The minimum Gasteiger partial charge on any atom is -0.347 e. The highest BCUT2D eigenvalue weighted by atomic mass is 19.1. The SMILES string of the molecule is CC(NC1CCc2c(F)cccc21)C(=O)N(C)C. The second-order valence-corrected chi connectivity index (χ2v) is 5.02. The van der Waals surface area contributed by atoms with Crippen LogP contribution in [0.25, 0.3) is 0 Å². The van der Waals surface area contributed by atoms with Gasteiger partial charge in [0.25, 0.3) is 0 Å². The first-order valence-electron chi connectivity index (χ1n) is 6.25. The van der Waals surface area contributed by atoms with E-state index in [1.54, 1.807) is 25.1 Å². The molecule has 0 bridgehead atoms. The van der Waals surface area contributed by atoms with Gasteiger partial charge in [-0.2, -0.15) is 0 Å². The molecule has 2 rings (SSSR count). The predicted octanol–water partition coefficient (Wildman–Crippen LogP) is 1.88. The molecule has 0 aromatic heterocycles. The van der Waals surface area contributed by atoms with Gasteiger partial charge in [0.1, 0.15) is 5.82 Å². The molecule has 0 radical (unpaired) electrons. The van der Waals surface area contributed by atoms with E-state index in [2.05, 4.69) is 5.32 Å². The van der Waals surface area contributed by atoms with Crippen molar-refractivity contribution in [2.75, 3.05) is 14.1 Å². The van der Waals surface area contributed by atoms with Crippen LogP contribution in [0.5, 0.6) is 0 Å². The number of hydrogen-bond acceptors (Lipinski definition) is 2. The summed E-state index contributed by atoms with van der Waals surface area (Å²) in [6.07, 6.45) is 1.59. The zero-order valence-corrected chi connectivity index (χ0v) is 11.0. The van der Waals surface area contributed by atoms with Crippen LogP contribution in [0.15, 0.2) is 18.2 Å². The third-order valence-corrected chi connectivity index (χ3v) is 3.48. The highest BCUT2D eigenvalue weighted by Crippen LogP contribution is 2.32. The van der Waals surface area contributed by atoms with E-state index in [0.29, 0.717) is 0 Å². The number of benzene rings is 1. The summed E-state index contributed by atoms with van der Waals surface area (Å²) in [6.45, 7) is 1.85. The van der Waals surface area contributed by atoms with Crippen molar-refractivity contribution in [2.45, 2.75) is 31.8 Å². The van der Waals surface area contributed by atoms with Crippen molar-refractivity contribution in [2.24, 2.45) is 0 Å². The van der Waals surface area contributed by atoms with E-state index in [1.807, 2.05) is 13.0 Å². The van der Waals surface area contributed by atoms with Gasteiger partial charge >= 0.3 is 0 Å². The van der Waals surface area contributed by atoms with Crippen molar-refractivity contribution in [1.29, 1.82) is 0 Å². The summed E-state index contributed by atoms with van der Waals surface area (Å²) in [5.74, 6) is -0.0942. The standard InChI is InChI=1S/C14H19FN2O/c1-9(14(18)17(2)3)16-13-8-7-10-11(13)5-4-6-12(10)15/h4-6,9,13,16H,7-8H2,1-3H3. The monoisotopic (exact) mass is 250 g/mol. The van der Waals surface area contributed by atoms with Gasteiger partial charge in [-0.1, -0.05) is 12.1 Å². The molecule has 2 atom stereocenters. The Morgan fingerprint density at radius 3 is 2.89 bits per heavy atom. The number of hydrogen-bond donors (Lipinski definition) is 1. The highest BCUT2D eigenvalue weighted by Gasteiger charge is 2.27. The largest absolute Gasteiger partial charge is 0.347 e. The molecule has 0 saturated carbocycles. The Bertz CT molecular complexity index is 459. The second-order valence-electron chi connectivity index (χ2n) is 5.02. The van der Waals surface area contributed by atoms with Gasteiger partial charge in [-0.3, -0.25) is 10.1 Å². The van der Waals surface area contributed by atoms with E-state index in [9.17, 15) is 9.18 Å². The maximum absolute atomic E-state index is 13.6. The molecule has 1 aliphatic rings. The molecule has 0 saturated heterocycles. The van der Waals surface area contributed by atoms with Gasteiger partial charge in [-0.05, 0) is 37.0 Å². The van der Waals surface area contributed by atoms with Crippen molar-refractivity contribution in [3.05, 3.63) is 35.1 Å². The lowest BCUT2D eigenvalue weighted by molar-refractivity contribution is -0.130. The smallest absolute Gasteiger partial charge is 0.238 e. The molecule has 2 unspecified atom stereocenters. The zero-order chi connectivity index (χ0) is 13.3. The zero-order valence-electron chi connectivity index (χ0n) is 11.0. The number of carbonyl (C=O) groups excluding carboxylic acids is 1. The number of nitrogens with zero attached hydrogens (tertiary/aromatic N) is 1. The lowest BCUT2D eigenvalue weighted by atomic mass is 10.1. The molecule has 1 aromatic rings. The Hall–Kier alpha value is -1.42. The van der Waals surface area contributed by atoms with Crippen LogP contribution in [-0.4, -0.2) is 30.9 Å². The van der Waals surface area contributed by atoms with Gasteiger partial charge in [0.05, 0.1) is 6.04 Å². The molecule has 0 heterocycles.